The molecule has 1 heterocycles. The Hall–Kier alpha value is -2.38. The Morgan fingerprint density at radius 1 is 1.13 bits per heavy atom. The minimum Gasteiger partial charge on any atom is -0.339 e. The number of halogens is 1. The summed E-state index contributed by atoms with van der Waals surface area (Å²) in [6.07, 6.45) is 0. The lowest BCUT2D eigenvalue weighted by molar-refractivity contribution is 0.394. The molecule has 0 atom stereocenters. The van der Waals surface area contributed by atoms with Crippen LogP contribution in [0.25, 0.3) is 11.4 Å². The van der Waals surface area contributed by atoms with Crippen LogP contribution in [-0.4, -0.2) is 18.6 Å². The van der Waals surface area contributed by atoms with Gasteiger partial charge in [-0.3, -0.25) is 4.72 Å². The third-order valence-corrected chi connectivity index (χ3v) is 4.74. The third kappa shape index (κ3) is 3.35. The molecule has 0 saturated carbocycles. The third-order valence-electron chi connectivity index (χ3n) is 3.05. The van der Waals surface area contributed by atoms with Gasteiger partial charge in [0.05, 0.1) is 15.6 Å². The number of aromatic nitrogens is 2. The maximum absolute atomic E-state index is 12.5. The predicted octanol–water partition coefficient (Wildman–Crippen LogP) is 3.50. The monoisotopic (exact) mass is 349 g/mol. The molecule has 1 aromatic heterocycles. The number of hydrogen-bond acceptors (Lipinski definition) is 5. The molecule has 0 aliphatic rings. The molecule has 0 saturated heterocycles. The van der Waals surface area contributed by atoms with Crippen LogP contribution in [0.1, 0.15) is 5.89 Å². The van der Waals surface area contributed by atoms with Gasteiger partial charge in [-0.1, -0.05) is 41.0 Å². The SMILES string of the molecule is Cc1nc(-c2cccc(S(=O)(=O)Nc3ccccc3Cl)c2)no1. The van der Waals surface area contributed by atoms with Gasteiger partial charge in [0, 0.05) is 12.5 Å². The van der Waals surface area contributed by atoms with Crippen molar-refractivity contribution in [2.45, 2.75) is 11.8 Å². The highest BCUT2D eigenvalue weighted by atomic mass is 35.5. The van der Waals surface area contributed by atoms with E-state index in [0.717, 1.165) is 0 Å². The Labute approximate surface area is 138 Å². The number of nitrogens with one attached hydrogen (secondary N) is 1. The van der Waals surface area contributed by atoms with Crippen LogP contribution < -0.4 is 4.72 Å². The summed E-state index contributed by atoms with van der Waals surface area (Å²) < 4.78 is 32.4. The van der Waals surface area contributed by atoms with Gasteiger partial charge in [-0.25, -0.2) is 8.42 Å². The van der Waals surface area contributed by atoms with Crippen molar-refractivity contribution in [1.82, 2.24) is 10.1 Å². The first-order valence-electron chi connectivity index (χ1n) is 6.64. The van der Waals surface area contributed by atoms with Crippen molar-refractivity contribution in [2.24, 2.45) is 0 Å². The second kappa shape index (κ2) is 6.02. The van der Waals surface area contributed by atoms with Crippen LogP contribution in [0.5, 0.6) is 0 Å². The fraction of sp³-hybridized carbons (Fsp3) is 0.0667. The van der Waals surface area contributed by atoms with E-state index >= 15 is 0 Å². The molecule has 2 aromatic carbocycles. The van der Waals surface area contributed by atoms with Crippen molar-refractivity contribution >= 4 is 27.3 Å². The van der Waals surface area contributed by atoms with Crippen molar-refractivity contribution in [1.29, 1.82) is 0 Å². The molecule has 0 fully saturated rings. The number of anilines is 1. The highest BCUT2D eigenvalue weighted by Gasteiger charge is 2.17. The number of aryl methyl sites for hydroxylation is 1. The van der Waals surface area contributed by atoms with Crippen LogP contribution >= 0.6 is 11.6 Å². The minimum atomic E-state index is -3.78. The van der Waals surface area contributed by atoms with E-state index in [-0.39, 0.29) is 4.90 Å². The van der Waals surface area contributed by atoms with Crippen LogP contribution in [0, 0.1) is 6.92 Å². The van der Waals surface area contributed by atoms with Crippen molar-refractivity contribution in [2.75, 3.05) is 4.72 Å². The first-order chi connectivity index (χ1) is 11.0. The normalized spacial score (nSPS) is 11.4. The molecule has 0 aliphatic heterocycles. The molecule has 0 spiro atoms. The Bertz CT molecular complexity index is 954. The van der Waals surface area contributed by atoms with Crippen LogP contribution in [0.2, 0.25) is 5.02 Å². The summed E-state index contributed by atoms with van der Waals surface area (Å²) in [5.74, 6) is 0.736. The number of para-hydroxylation sites is 1. The smallest absolute Gasteiger partial charge is 0.261 e. The van der Waals surface area contributed by atoms with Gasteiger partial charge in [0.1, 0.15) is 0 Å². The van der Waals surface area contributed by atoms with Gasteiger partial charge < -0.3 is 4.52 Å². The molecule has 3 aromatic rings. The van der Waals surface area contributed by atoms with Crippen LogP contribution in [-0.2, 0) is 10.0 Å². The molecule has 23 heavy (non-hydrogen) atoms. The highest BCUT2D eigenvalue weighted by Crippen LogP contribution is 2.25. The summed E-state index contributed by atoms with van der Waals surface area (Å²) >= 11 is 5.99. The Kier molecular flexibility index (Phi) is 4.06. The molecule has 3 rings (SSSR count). The van der Waals surface area contributed by atoms with Crippen molar-refractivity contribution in [3.8, 4) is 11.4 Å². The van der Waals surface area contributed by atoms with E-state index in [2.05, 4.69) is 14.9 Å². The fourth-order valence-corrected chi connectivity index (χ4v) is 3.33. The van der Waals surface area contributed by atoms with Gasteiger partial charge in [-0.15, -0.1) is 0 Å². The number of rotatable bonds is 4. The summed E-state index contributed by atoms with van der Waals surface area (Å²) in [6.45, 7) is 1.66. The van der Waals surface area contributed by atoms with E-state index in [1.807, 2.05) is 0 Å². The molecule has 0 radical (unpaired) electrons. The van der Waals surface area contributed by atoms with Crippen LogP contribution in [0.15, 0.2) is 57.9 Å². The van der Waals surface area contributed by atoms with Crippen LogP contribution in [0.4, 0.5) is 5.69 Å². The van der Waals surface area contributed by atoms with E-state index in [1.54, 1.807) is 43.3 Å². The maximum Gasteiger partial charge on any atom is 0.261 e. The molecule has 118 valence electrons. The summed E-state index contributed by atoms with van der Waals surface area (Å²) in [5, 5.41) is 4.11. The lowest BCUT2D eigenvalue weighted by Gasteiger charge is -2.10. The van der Waals surface area contributed by atoms with Crippen molar-refractivity contribution in [3.63, 3.8) is 0 Å². The van der Waals surface area contributed by atoms with E-state index in [0.29, 0.717) is 28.0 Å². The summed E-state index contributed by atoms with van der Waals surface area (Å²) in [7, 11) is -3.78. The average molecular weight is 350 g/mol. The van der Waals surface area contributed by atoms with Crippen molar-refractivity contribution < 1.29 is 12.9 Å². The van der Waals surface area contributed by atoms with E-state index in [4.69, 9.17) is 16.1 Å². The van der Waals surface area contributed by atoms with Gasteiger partial charge in [0.25, 0.3) is 10.0 Å². The van der Waals surface area contributed by atoms with Crippen molar-refractivity contribution in [3.05, 3.63) is 59.4 Å². The van der Waals surface area contributed by atoms with E-state index in [1.165, 1.54) is 12.1 Å². The molecule has 0 aliphatic carbocycles. The first kappa shape index (κ1) is 15.5. The van der Waals surface area contributed by atoms with Gasteiger partial charge in [-0.05, 0) is 24.3 Å². The van der Waals surface area contributed by atoms with E-state index < -0.39 is 10.0 Å². The quantitative estimate of drug-likeness (QED) is 0.779. The summed E-state index contributed by atoms with van der Waals surface area (Å²) in [5.41, 5.74) is 0.860. The molecule has 6 nitrogen and oxygen atoms in total. The molecule has 1 N–H and O–H groups in total. The number of hydrogen-bond donors (Lipinski definition) is 1. The fourth-order valence-electron chi connectivity index (χ4n) is 1.97. The highest BCUT2D eigenvalue weighted by molar-refractivity contribution is 7.92. The van der Waals surface area contributed by atoms with Gasteiger partial charge >= 0.3 is 0 Å². The van der Waals surface area contributed by atoms with Gasteiger partial charge in [0.15, 0.2) is 0 Å². The molecular formula is C15H12ClN3O3S. The molecule has 8 heteroatoms. The number of benzene rings is 2. The van der Waals surface area contributed by atoms with E-state index in [9.17, 15) is 8.42 Å². The molecule has 0 bridgehead atoms. The average Bonchev–Trinajstić information content (AvgIpc) is 2.96. The molecular weight excluding hydrogens is 338 g/mol. The minimum absolute atomic E-state index is 0.0809. The first-order valence-corrected chi connectivity index (χ1v) is 8.50. The van der Waals surface area contributed by atoms with Gasteiger partial charge in [-0.2, -0.15) is 4.98 Å². The lowest BCUT2D eigenvalue weighted by Crippen LogP contribution is -2.13. The standard InChI is InChI=1S/C15H12ClN3O3S/c1-10-17-15(18-22-10)11-5-4-6-12(9-11)23(20,21)19-14-8-3-2-7-13(14)16/h2-9,19H,1H3. The predicted molar refractivity (Wildman–Crippen MR) is 86.7 cm³/mol. The zero-order chi connectivity index (χ0) is 16.4. The zero-order valence-corrected chi connectivity index (χ0v) is 13.6. The molecule has 0 unspecified atom stereocenters. The number of nitrogens with zero attached hydrogens (tertiary/aromatic N) is 2. The Morgan fingerprint density at radius 2 is 1.91 bits per heavy atom. The topological polar surface area (TPSA) is 85.1 Å². The van der Waals surface area contributed by atoms with Crippen LogP contribution in [0.3, 0.4) is 0 Å². The second-order valence-corrected chi connectivity index (χ2v) is 6.84. The lowest BCUT2D eigenvalue weighted by atomic mass is 10.2. The summed E-state index contributed by atoms with van der Waals surface area (Å²) in [4.78, 5) is 4.17. The Balaban J connectivity index is 1.96. The maximum atomic E-state index is 12.5. The molecule has 0 amide bonds. The second-order valence-electron chi connectivity index (χ2n) is 4.75. The van der Waals surface area contributed by atoms with Gasteiger partial charge in [0.2, 0.25) is 11.7 Å². The number of sulfonamides is 1. The summed E-state index contributed by atoms with van der Waals surface area (Å²) in [6, 6.07) is 12.9. The largest absolute Gasteiger partial charge is 0.339 e. The zero-order valence-electron chi connectivity index (χ0n) is 12.0. The Morgan fingerprint density at radius 3 is 2.61 bits per heavy atom.